The molecule has 0 fully saturated rings. The minimum atomic E-state index is -4.04. The van der Waals surface area contributed by atoms with Gasteiger partial charge in [0.05, 0.1) is 9.79 Å². The fraction of sp³-hybridized carbons (Fsp3) is 0.250. The van der Waals surface area contributed by atoms with Crippen LogP contribution in [0.1, 0.15) is 40.0 Å². The van der Waals surface area contributed by atoms with Crippen molar-refractivity contribution >= 4 is 37.8 Å². The molecule has 0 heterocycles. The maximum atomic E-state index is 13.2. The van der Waals surface area contributed by atoms with Crippen molar-refractivity contribution < 1.29 is 36.3 Å². The fourth-order valence-corrected chi connectivity index (χ4v) is 4.10. The fourth-order valence-electron chi connectivity index (χ4n) is 3.07. The second kappa shape index (κ2) is 10.8. The van der Waals surface area contributed by atoms with Crippen molar-refractivity contribution in [3.63, 3.8) is 0 Å². The van der Waals surface area contributed by atoms with Gasteiger partial charge in [0.2, 0.25) is 20.0 Å². The molecule has 2 amide bonds. The van der Waals surface area contributed by atoms with E-state index in [1.165, 1.54) is 0 Å². The number of amides is 2. The molecular weight excluding hydrogens is 488 g/mol. The number of carboxylic acid groups (broad SMARTS) is 1. The number of rotatable bonds is 10. The van der Waals surface area contributed by atoms with Gasteiger partial charge in [-0.1, -0.05) is 0 Å². The third-order valence-corrected chi connectivity index (χ3v) is 6.68. The first-order valence-corrected chi connectivity index (χ1v) is 12.9. The summed E-state index contributed by atoms with van der Waals surface area (Å²) in [6, 6.07) is 7.05. The maximum Gasteiger partial charge on any atom is 0.326 e. The molecule has 1 atom stereocenters. The molecule has 184 valence electrons. The van der Waals surface area contributed by atoms with Crippen LogP contribution in [0.4, 0.5) is 0 Å². The molecule has 0 aliphatic heterocycles. The first-order chi connectivity index (χ1) is 15.8. The van der Waals surface area contributed by atoms with Crippen LogP contribution in [0.3, 0.4) is 0 Å². The number of carboxylic acids is 1. The number of carbonyl (C=O) groups is 3. The van der Waals surface area contributed by atoms with Crippen LogP contribution in [-0.4, -0.2) is 57.2 Å². The SMILES string of the molecule is NCCCCC(C(=O)O)N(C(=O)c1ccc(S(N)(=O)=O)cc1)C(=O)c1ccc(S(N)(=O)=O)cc1. The molecule has 0 bridgehead atoms. The number of nitrogens with zero attached hydrogens (tertiary/aromatic N) is 1. The smallest absolute Gasteiger partial charge is 0.326 e. The molecule has 7 N–H and O–H groups in total. The monoisotopic (exact) mass is 512 g/mol. The number of benzene rings is 2. The summed E-state index contributed by atoms with van der Waals surface area (Å²) in [7, 11) is -8.09. The van der Waals surface area contributed by atoms with E-state index >= 15 is 0 Å². The predicted molar refractivity (Wildman–Crippen MR) is 120 cm³/mol. The molecule has 2 aromatic rings. The van der Waals surface area contributed by atoms with Crippen LogP contribution >= 0.6 is 0 Å². The molecule has 2 aromatic carbocycles. The molecule has 0 aliphatic carbocycles. The quantitative estimate of drug-likeness (QED) is 0.245. The predicted octanol–water partition coefficient (Wildman–Crippen LogP) is -0.154. The van der Waals surface area contributed by atoms with E-state index in [2.05, 4.69) is 0 Å². The normalized spacial score (nSPS) is 12.7. The molecule has 0 saturated carbocycles. The molecule has 0 aromatic heterocycles. The van der Waals surface area contributed by atoms with Crippen molar-refractivity contribution in [2.45, 2.75) is 35.1 Å². The minimum absolute atomic E-state index is 0.0888. The molecule has 2 rings (SSSR count). The Labute approximate surface area is 196 Å². The lowest BCUT2D eigenvalue weighted by atomic mass is 10.0. The van der Waals surface area contributed by atoms with Gasteiger partial charge in [0.1, 0.15) is 6.04 Å². The van der Waals surface area contributed by atoms with Gasteiger partial charge in [0.25, 0.3) is 11.8 Å². The van der Waals surface area contributed by atoms with E-state index in [9.17, 15) is 36.3 Å². The Morgan fingerprint density at radius 1 is 0.765 bits per heavy atom. The van der Waals surface area contributed by atoms with E-state index in [-0.39, 0.29) is 33.9 Å². The van der Waals surface area contributed by atoms with Gasteiger partial charge in [-0.25, -0.2) is 31.9 Å². The Bertz CT molecular complexity index is 1190. The highest BCUT2D eigenvalue weighted by Crippen LogP contribution is 2.20. The van der Waals surface area contributed by atoms with Crippen molar-refractivity contribution in [3.8, 4) is 0 Å². The lowest BCUT2D eigenvalue weighted by molar-refractivity contribution is -0.141. The van der Waals surface area contributed by atoms with E-state index < -0.39 is 43.9 Å². The van der Waals surface area contributed by atoms with Gasteiger partial charge >= 0.3 is 5.97 Å². The number of nitrogens with two attached hydrogens (primary N) is 3. The van der Waals surface area contributed by atoms with Gasteiger partial charge in [-0.2, -0.15) is 0 Å². The van der Waals surface area contributed by atoms with Crippen LogP contribution in [-0.2, 0) is 24.8 Å². The number of aliphatic carboxylic acids is 1. The van der Waals surface area contributed by atoms with Gasteiger partial charge in [-0.05, 0) is 74.3 Å². The Morgan fingerprint density at radius 2 is 1.15 bits per heavy atom. The Kier molecular flexibility index (Phi) is 8.63. The lowest BCUT2D eigenvalue weighted by Crippen LogP contribution is -2.48. The number of imide groups is 1. The second-order valence-corrected chi connectivity index (χ2v) is 10.4. The number of hydrogen-bond donors (Lipinski definition) is 4. The van der Waals surface area contributed by atoms with Crippen molar-refractivity contribution in [3.05, 3.63) is 59.7 Å². The highest BCUT2D eigenvalue weighted by molar-refractivity contribution is 7.89. The largest absolute Gasteiger partial charge is 0.480 e. The van der Waals surface area contributed by atoms with Crippen LogP contribution in [0.15, 0.2) is 58.3 Å². The molecule has 0 saturated heterocycles. The summed E-state index contributed by atoms with van der Waals surface area (Å²) in [6.45, 7) is 0.276. The average molecular weight is 513 g/mol. The first-order valence-electron chi connectivity index (χ1n) is 9.84. The van der Waals surface area contributed by atoms with Gasteiger partial charge in [0.15, 0.2) is 0 Å². The molecule has 1 unspecified atom stereocenters. The summed E-state index contributed by atoms with van der Waals surface area (Å²) in [5.41, 5.74) is 5.13. The van der Waals surface area contributed by atoms with E-state index in [4.69, 9.17) is 16.0 Å². The molecule has 0 radical (unpaired) electrons. The summed E-state index contributed by atoms with van der Waals surface area (Å²) in [4.78, 5) is 38.5. The van der Waals surface area contributed by atoms with Crippen molar-refractivity contribution in [2.75, 3.05) is 6.54 Å². The molecule has 0 aliphatic rings. The molecule has 0 spiro atoms. The molecule has 12 nitrogen and oxygen atoms in total. The third-order valence-electron chi connectivity index (χ3n) is 4.83. The van der Waals surface area contributed by atoms with Crippen molar-refractivity contribution in [1.29, 1.82) is 0 Å². The van der Waals surface area contributed by atoms with Crippen molar-refractivity contribution in [2.24, 2.45) is 16.0 Å². The highest BCUT2D eigenvalue weighted by Gasteiger charge is 2.35. The minimum Gasteiger partial charge on any atom is -0.480 e. The summed E-state index contributed by atoms with van der Waals surface area (Å²) in [5, 5.41) is 19.9. The zero-order valence-corrected chi connectivity index (χ0v) is 19.5. The van der Waals surface area contributed by atoms with Gasteiger partial charge < -0.3 is 10.8 Å². The maximum absolute atomic E-state index is 13.2. The van der Waals surface area contributed by atoms with Crippen LogP contribution in [0.25, 0.3) is 0 Å². The van der Waals surface area contributed by atoms with E-state index in [1.54, 1.807) is 0 Å². The van der Waals surface area contributed by atoms with E-state index in [0.29, 0.717) is 17.7 Å². The third kappa shape index (κ3) is 6.68. The number of sulfonamides is 2. The Hall–Kier alpha value is -3.17. The van der Waals surface area contributed by atoms with Crippen LogP contribution < -0.4 is 16.0 Å². The number of unbranched alkanes of at least 4 members (excludes halogenated alkanes) is 1. The Balaban J connectivity index is 2.53. The van der Waals surface area contributed by atoms with Crippen LogP contribution in [0, 0.1) is 0 Å². The summed E-state index contributed by atoms with van der Waals surface area (Å²) in [5.74, 6) is -3.44. The summed E-state index contributed by atoms with van der Waals surface area (Å²) in [6.07, 6.45) is 0.667. The standard InChI is InChI=1S/C20H24N4O8S2/c21-12-2-1-3-17(20(27)28)24(18(25)13-4-8-15(9-5-13)33(22,29)30)19(26)14-6-10-16(11-7-14)34(23,31)32/h4-11,17H,1-3,12,21H2,(H,27,28)(H2,22,29,30)(H2,23,31,32). The molecular formula is C20H24N4O8S2. The van der Waals surface area contributed by atoms with Crippen LogP contribution in [0.2, 0.25) is 0 Å². The average Bonchev–Trinajstić information content (AvgIpc) is 2.77. The zero-order chi connectivity index (χ0) is 25.7. The second-order valence-electron chi connectivity index (χ2n) is 7.26. The molecule has 14 heteroatoms. The summed E-state index contributed by atoms with van der Waals surface area (Å²) < 4.78 is 45.9. The van der Waals surface area contributed by atoms with Crippen molar-refractivity contribution in [1.82, 2.24) is 4.90 Å². The lowest BCUT2D eigenvalue weighted by Gasteiger charge is -2.27. The topological polar surface area (TPSA) is 221 Å². The van der Waals surface area contributed by atoms with E-state index in [0.717, 1.165) is 48.5 Å². The number of carbonyl (C=O) groups excluding carboxylic acids is 2. The first kappa shape index (κ1) is 27.1. The van der Waals surface area contributed by atoms with E-state index in [1.807, 2.05) is 0 Å². The number of hydrogen-bond acceptors (Lipinski definition) is 8. The zero-order valence-electron chi connectivity index (χ0n) is 17.8. The molecule has 34 heavy (non-hydrogen) atoms. The van der Waals surface area contributed by atoms with Gasteiger partial charge in [-0.3, -0.25) is 14.5 Å². The van der Waals surface area contributed by atoms with Crippen LogP contribution in [0.5, 0.6) is 0 Å². The summed E-state index contributed by atoms with van der Waals surface area (Å²) >= 11 is 0. The number of primary sulfonamides is 2. The Morgan fingerprint density at radius 3 is 1.44 bits per heavy atom. The van der Waals surface area contributed by atoms with Gasteiger partial charge in [0, 0.05) is 11.1 Å². The highest BCUT2D eigenvalue weighted by atomic mass is 32.2. The van der Waals surface area contributed by atoms with Gasteiger partial charge in [-0.15, -0.1) is 0 Å².